The van der Waals surface area contributed by atoms with Crippen molar-refractivity contribution in [3.8, 4) is 0 Å². The lowest BCUT2D eigenvalue weighted by atomic mass is 10.2. The summed E-state index contributed by atoms with van der Waals surface area (Å²) in [7, 11) is 1.61. The number of hydrogen-bond donors (Lipinski definition) is 2. The van der Waals surface area contributed by atoms with Crippen LogP contribution in [0.4, 0.5) is 5.69 Å². The van der Waals surface area contributed by atoms with Gasteiger partial charge >= 0.3 is 0 Å². The third-order valence-electron chi connectivity index (χ3n) is 2.56. The maximum absolute atomic E-state index is 11.9. The van der Waals surface area contributed by atoms with Gasteiger partial charge in [-0.2, -0.15) is 0 Å². The number of ether oxygens (including phenoxy) is 1. The van der Waals surface area contributed by atoms with Crippen LogP contribution in [-0.4, -0.2) is 18.0 Å². The fraction of sp³-hybridized carbons (Fsp3) is 0.143. The molecule has 98 valence electrons. The van der Waals surface area contributed by atoms with Gasteiger partial charge in [0.1, 0.15) is 5.56 Å². The highest BCUT2D eigenvalue weighted by molar-refractivity contribution is 6.03. The molecule has 0 spiro atoms. The van der Waals surface area contributed by atoms with Gasteiger partial charge in [-0.25, -0.2) is 0 Å². The molecule has 2 N–H and O–H groups in total. The van der Waals surface area contributed by atoms with Crippen LogP contribution in [0.1, 0.15) is 15.9 Å². The van der Waals surface area contributed by atoms with Crippen molar-refractivity contribution >= 4 is 11.6 Å². The molecule has 0 aliphatic rings. The molecule has 0 saturated carbocycles. The van der Waals surface area contributed by atoms with Crippen LogP contribution in [-0.2, 0) is 11.3 Å². The van der Waals surface area contributed by atoms with E-state index in [4.69, 9.17) is 4.74 Å². The number of methoxy groups -OCH3 is 1. The molecule has 1 heterocycles. The van der Waals surface area contributed by atoms with Gasteiger partial charge in [-0.1, -0.05) is 12.1 Å². The minimum Gasteiger partial charge on any atom is -0.380 e. The molecule has 0 saturated heterocycles. The number of benzene rings is 1. The van der Waals surface area contributed by atoms with Crippen LogP contribution in [0.15, 0.2) is 47.5 Å². The minimum absolute atomic E-state index is 0.0830. The molecule has 1 amide bonds. The van der Waals surface area contributed by atoms with Crippen molar-refractivity contribution in [1.82, 2.24) is 4.98 Å². The van der Waals surface area contributed by atoms with Gasteiger partial charge in [0.15, 0.2) is 5.43 Å². The quantitative estimate of drug-likeness (QED) is 0.878. The topological polar surface area (TPSA) is 71.2 Å². The first-order chi connectivity index (χ1) is 9.20. The first-order valence-corrected chi connectivity index (χ1v) is 5.77. The van der Waals surface area contributed by atoms with Crippen LogP contribution in [0.2, 0.25) is 0 Å². The summed E-state index contributed by atoms with van der Waals surface area (Å²) in [5.41, 5.74) is 1.34. The first-order valence-electron chi connectivity index (χ1n) is 5.77. The van der Waals surface area contributed by atoms with E-state index in [0.717, 1.165) is 5.56 Å². The molecule has 1 aromatic heterocycles. The second-order valence-corrected chi connectivity index (χ2v) is 4.01. The van der Waals surface area contributed by atoms with Crippen LogP contribution in [0, 0.1) is 0 Å². The van der Waals surface area contributed by atoms with Crippen molar-refractivity contribution in [2.75, 3.05) is 12.4 Å². The molecule has 2 aromatic rings. The van der Waals surface area contributed by atoms with Crippen molar-refractivity contribution in [2.45, 2.75) is 6.61 Å². The highest BCUT2D eigenvalue weighted by Crippen LogP contribution is 2.12. The molecule has 1 aromatic carbocycles. The van der Waals surface area contributed by atoms with Crippen molar-refractivity contribution in [1.29, 1.82) is 0 Å². The van der Waals surface area contributed by atoms with Crippen LogP contribution in [0.5, 0.6) is 0 Å². The molecule has 2 rings (SSSR count). The number of anilines is 1. The Morgan fingerprint density at radius 2 is 2.21 bits per heavy atom. The lowest BCUT2D eigenvalue weighted by Crippen LogP contribution is -2.20. The molecule has 0 aliphatic heterocycles. The number of H-pyrrole nitrogens is 1. The zero-order valence-corrected chi connectivity index (χ0v) is 10.5. The number of rotatable bonds is 4. The Bertz CT molecular complexity index is 634. The number of pyridine rings is 1. The average molecular weight is 258 g/mol. The number of carbonyl (C=O) groups excluding carboxylic acids is 1. The van der Waals surface area contributed by atoms with E-state index in [1.807, 2.05) is 12.1 Å². The summed E-state index contributed by atoms with van der Waals surface area (Å²) >= 11 is 0. The Kier molecular flexibility index (Phi) is 4.10. The number of amides is 1. The van der Waals surface area contributed by atoms with Gasteiger partial charge in [-0.05, 0) is 17.7 Å². The summed E-state index contributed by atoms with van der Waals surface area (Å²) < 4.78 is 5.02. The maximum atomic E-state index is 11.9. The number of aromatic amines is 1. The molecular formula is C14H14N2O3. The van der Waals surface area contributed by atoms with Crippen molar-refractivity contribution in [2.24, 2.45) is 0 Å². The zero-order valence-electron chi connectivity index (χ0n) is 10.5. The van der Waals surface area contributed by atoms with Crippen molar-refractivity contribution in [3.63, 3.8) is 0 Å². The van der Waals surface area contributed by atoms with E-state index in [1.54, 1.807) is 19.2 Å². The summed E-state index contributed by atoms with van der Waals surface area (Å²) in [4.78, 5) is 26.2. The van der Waals surface area contributed by atoms with Crippen molar-refractivity contribution < 1.29 is 9.53 Å². The second-order valence-electron chi connectivity index (χ2n) is 4.01. The predicted molar refractivity (Wildman–Crippen MR) is 72.2 cm³/mol. The van der Waals surface area contributed by atoms with Gasteiger partial charge in [-0.15, -0.1) is 0 Å². The lowest BCUT2D eigenvalue weighted by molar-refractivity contribution is 0.102. The van der Waals surface area contributed by atoms with Gasteiger partial charge in [0.2, 0.25) is 0 Å². The summed E-state index contributed by atoms with van der Waals surface area (Å²) in [6, 6.07) is 8.59. The third kappa shape index (κ3) is 3.29. The van der Waals surface area contributed by atoms with Gasteiger partial charge < -0.3 is 15.0 Å². The molecule has 0 radical (unpaired) electrons. The highest BCUT2D eigenvalue weighted by Gasteiger charge is 2.09. The molecular weight excluding hydrogens is 244 g/mol. The normalized spacial score (nSPS) is 10.2. The van der Waals surface area contributed by atoms with Crippen LogP contribution in [0.3, 0.4) is 0 Å². The fourth-order valence-corrected chi connectivity index (χ4v) is 1.70. The number of hydrogen-bond acceptors (Lipinski definition) is 3. The van der Waals surface area contributed by atoms with E-state index < -0.39 is 5.91 Å². The third-order valence-corrected chi connectivity index (χ3v) is 2.56. The van der Waals surface area contributed by atoms with Crippen LogP contribution in [0.25, 0.3) is 0 Å². The minimum atomic E-state index is -0.434. The van der Waals surface area contributed by atoms with E-state index >= 15 is 0 Å². The predicted octanol–water partition coefficient (Wildman–Crippen LogP) is 1.77. The Balaban J connectivity index is 2.17. The summed E-state index contributed by atoms with van der Waals surface area (Å²) in [6.45, 7) is 0.468. The standard InChI is InChI=1S/C14H14N2O3/c1-19-9-10-3-2-4-11(7-10)16-14(18)12-8-15-6-5-13(12)17/h2-8H,9H2,1H3,(H,15,17)(H,16,18). The summed E-state index contributed by atoms with van der Waals surface area (Å²) in [5, 5.41) is 2.68. The summed E-state index contributed by atoms with van der Waals surface area (Å²) in [5.74, 6) is -0.434. The van der Waals surface area contributed by atoms with E-state index in [9.17, 15) is 9.59 Å². The fourth-order valence-electron chi connectivity index (χ4n) is 1.70. The highest BCUT2D eigenvalue weighted by atomic mass is 16.5. The molecule has 0 atom stereocenters. The van der Waals surface area contributed by atoms with E-state index in [1.165, 1.54) is 18.5 Å². The molecule has 0 bridgehead atoms. The van der Waals surface area contributed by atoms with Crippen LogP contribution < -0.4 is 10.7 Å². The van der Waals surface area contributed by atoms with E-state index in [-0.39, 0.29) is 11.0 Å². The Hall–Kier alpha value is -2.40. The Morgan fingerprint density at radius 3 is 2.95 bits per heavy atom. The maximum Gasteiger partial charge on any atom is 0.261 e. The van der Waals surface area contributed by atoms with E-state index in [0.29, 0.717) is 12.3 Å². The largest absolute Gasteiger partial charge is 0.380 e. The molecule has 19 heavy (non-hydrogen) atoms. The average Bonchev–Trinajstić information content (AvgIpc) is 2.40. The monoisotopic (exact) mass is 258 g/mol. The summed E-state index contributed by atoms with van der Waals surface area (Å²) in [6.07, 6.45) is 2.87. The molecule has 0 aliphatic carbocycles. The molecule has 0 fully saturated rings. The van der Waals surface area contributed by atoms with E-state index in [2.05, 4.69) is 10.3 Å². The second kappa shape index (κ2) is 5.97. The Labute approximate surface area is 110 Å². The number of carbonyl (C=O) groups is 1. The van der Waals surface area contributed by atoms with Gasteiger partial charge in [0.05, 0.1) is 6.61 Å². The van der Waals surface area contributed by atoms with Gasteiger partial charge in [-0.3, -0.25) is 9.59 Å². The molecule has 0 unspecified atom stereocenters. The Morgan fingerprint density at radius 1 is 1.37 bits per heavy atom. The smallest absolute Gasteiger partial charge is 0.261 e. The molecule has 5 nitrogen and oxygen atoms in total. The molecule has 5 heteroatoms. The van der Waals surface area contributed by atoms with Crippen LogP contribution >= 0.6 is 0 Å². The number of nitrogens with one attached hydrogen (secondary N) is 2. The van der Waals surface area contributed by atoms with Crippen molar-refractivity contribution in [3.05, 3.63) is 64.1 Å². The number of aromatic nitrogens is 1. The first kappa shape index (κ1) is 13.0. The zero-order chi connectivity index (χ0) is 13.7. The van der Waals surface area contributed by atoms with Gasteiger partial charge in [0, 0.05) is 31.3 Å². The lowest BCUT2D eigenvalue weighted by Gasteiger charge is -2.06. The SMILES string of the molecule is COCc1cccc(NC(=O)c2c[nH]ccc2=O)c1. The van der Waals surface area contributed by atoms with Gasteiger partial charge in [0.25, 0.3) is 5.91 Å².